The number of allylic oxidation sites excluding steroid dienone is 1. The highest BCUT2D eigenvalue weighted by Crippen LogP contribution is 2.44. The molecule has 0 aromatic heterocycles. The third-order valence-electron chi connectivity index (χ3n) is 9.63. The first-order valence-corrected chi connectivity index (χ1v) is 15.1. The van der Waals surface area contributed by atoms with Crippen LogP contribution in [0.3, 0.4) is 0 Å². The van der Waals surface area contributed by atoms with Crippen LogP contribution in [0.2, 0.25) is 0 Å². The van der Waals surface area contributed by atoms with E-state index in [1.165, 1.54) is 69.1 Å². The van der Waals surface area contributed by atoms with Gasteiger partial charge in [-0.2, -0.15) is 8.78 Å². The number of ether oxygens (including phenoxy) is 3. The molecule has 5 heteroatoms. The van der Waals surface area contributed by atoms with Gasteiger partial charge < -0.3 is 14.2 Å². The lowest BCUT2D eigenvalue weighted by Gasteiger charge is -2.41. The van der Waals surface area contributed by atoms with Gasteiger partial charge in [0.1, 0.15) is 6.61 Å². The third-order valence-corrected chi connectivity index (χ3v) is 9.63. The van der Waals surface area contributed by atoms with Gasteiger partial charge in [0.05, 0.1) is 19.3 Å². The van der Waals surface area contributed by atoms with Gasteiger partial charge in [-0.3, -0.25) is 0 Å². The summed E-state index contributed by atoms with van der Waals surface area (Å²) in [5.74, 6) is 1.51. The molecule has 3 nitrogen and oxygen atoms in total. The summed E-state index contributed by atoms with van der Waals surface area (Å²) in [6, 6.07) is 11.1. The van der Waals surface area contributed by atoms with E-state index in [0.717, 1.165) is 48.7 Å². The normalized spacial score (nSPS) is 29.5. The second-order valence-corrected chi connectivity index (χ2v) is 11.9. The Morgan fingerprint density at radius 3 is 1.92 bits per heavy atom. The average molecular weight is 539 g/mol. The van der Waals surface area contributed by atoms with Crippen LogP contribution in [-0.4, -0.2) is 19.3 Å². The van der Waals surface area contributed by atoms with E-state index < -0.39 is 11.6 Å². The lowest BCUT2D eigenvalue weighted by Crippen LogP contribution is -2.35. The standard InChI is InChI=1S/C34H44F2O3/c1-3-23-5-9-25(10-6-23)26-13-15-28(16-14-26)30-18-17-29(22-39-30)27-11-7-24(8-12-27)21-38-32-20-19-31(37-4-2)33(35)34(32)36/h3,7-8,11-12,19-20,23,25-26,28-30H,1,4-6,9-10,13-18,21-22H2,2H3. The zero-order chi connectivity index (χ0) is 27.2. The fourth-order valence-corrected chi connectivity index (χ4v) is 7.19. The summed E-state index contributed by atoms with van der Waals surface area (Å²) in [7, 11) is 0. The zero-order valence-electron chi connectivity index (χ0n) is 23.4. The SMILES string of the molecule is C=CC1CCC(C2CCC(C3CCC(c4ccc(COc5ccc(OCC)c(F)c5F)cc4)CO3)CC2)CC1. The van der Waals surface area contributed by atoms with E-state index >= 15 is 0 Å². The Hall–Kier alpha value is -2.40. The lowest BCUT2D eigenvalue weighted by atomic mass is 9.68. The van der Waals surface area contributed by atoms with Crippen molar-refractivity contribution in [2.24, 2.45) is 23.7 Å². The van der Waals surface area contributed by atoms with Crippen molar-refractivity contribution in [3.8, 4) is 11.5 Å². The first-order valence-electron chi connectivity index (χ1n) is 15.1. The summed E-state index contributed by atoms with van der Waals surface area (Å²) in [5.41, 5.74) is 2.19. The summed E-state index contributed by atoms with van der Waals surface area (Å²) in [4.78, 5) is 0. The molecular weight excluding hydrogens is 494 g/mol. The highest BCUT2D eigenvalue weighted by molar-refractivity contribution is 5.35. The van der Waals surface area contributed by atoms with Crippen LogP contribution in [-0.2, 0) is 11.3 Å². The molecule has 2 aliphatic carbocycles. The Morgan fingerprint density at radius 1 is 0.769 bits per heavy atom. The van der Waals surface area contributed by atoms with E-state index in [9.17, 15) is 8.78 Å². The molecule has 0 N–H and O–H groups in total. The van der Waals surface area contributed by atoms with Crippen molar-refractivity contribution < 1.29 is 23.0 Å². The maximum Gasteiger partial charge on any atom is 0.204 e. The van der Waals surface area contributed by atoms with Crippen LogP contribution in [0.15, 0.2) is 49.1 Å². The van der Waals surface area contributed by atoms with Gasteiger partial charge in [0, 0.05) is 5.92 Å². The van der Waals surface area contributed by atoms with Crippen LogP contribution in [0.5, 0.6) is 11.5 Å². The predicted octanol–water partition coefficient (Wildman–Crippen LogP) is 9.00. The molecule has 212 valence electrons. The number of hydrogen-bond donors (Lipinski definition) is 0. The third kappa shape index (κ3) is 6.85. The van der Waals surface area contributed by atoms with Gasteiger partial charge in [-0.15, -0.1) is 6.58 Å². The summed E-state index contributed by atoms with van der Waals surface area (Å²) < 4.78 is 45.5. The minimum Gasteiger partial charge on any atom is -0.491 e. The fourth-order valence-electron chi connectivity index (χ4n) is 7.19. The molecule has 1 aliphatic heterocycles. The van der Waals surface area contributed by atoms with Crippen molar-refractivity contribution >= 4 is 0 Å². The molecule has 5 rings (SSSR count). The summed E-state index contributed by atoms with van der Waals surface area (Å²) in [6.07, 6.45) is 15.8. The molecule has 1 heterocycles. The molecule has 2 unspecified atom stereocenters. The van der Waals surface area contributed by atoms with Crippen LogP contribution in [0, 0.1) is 35.3 Å². The molecule has 2 aromatic rings. The topological polar surface area (TPSA) is 27.7 Å². The smallest absolute Gasteiger partial charge is 0.204 e. The Morgan fingerprint density at radius 2 is 1.36 bits per heavy atom. The average Bonchev–Trinajstić information content (AvgIpc) is 3.00. The molecule has 2 aromatic carbocycles. The summed E-state index contributed by atoms with van der Waals surface area (Å²) >= 11 is 0. The van der Waals surface area contributed by atoms with Crippen LogP contribution in [0.4, 0.5) is 8.78 Å². The van der Waals surface area contributed by atoms with Crippen LogP contribution in [0.25, 0.3) is 0 Å². The zero-order valence-corrected chi connectivity index (χ0v) is 23.4. The first-order chi connectivity index (χ1) is 19.1. The maximum atomic E-state index is 14.3. The molecule has 1 saturated heterocycles. The molecular formula is C34H44F2O3. The molecule has 39 heavy (non-hydrogen) atoms. The van der Waals surface area contributed by atoms with Crippen LogP contribution in [0.1, 0.15) is 88.2 Å². The number of hydrogen-bond acceptors (Lipinski definition) is 3. The number of benzene rings is 2. The predicted molar refractivity (Wildman–Crippen MR) is 151 cm³/mol. The minimum absolute atomic E-state index is 0.0991. The Bertz CT molecular complexity index is 1060. The minimum atomic E-state index is -1.02. The molecule has 0 bridgehead atoms. The van der Waals surface area contributed by atoms with E-state index in [4.69, 9.17) is 14.2 Å². The van der Waals surface area contributed by atoms with Crippen molar-refractivity contribution in [3.63, 3.8) is 0 Å². The van der Waals surface area contributed by atoms with Crippen LogP contribution < -0.4 is 9.47 Å². The fraction of sp³-hybridized carbons (Fsp3) is 0.588. The maximum absolute atomic E-state index is 14.3. The monoisotopic (exact) mass is 538 g/mol. The summed E-state index contributed by atoms with van der Waals surface area (Å²) in [6.45, 7) is 6.95. The Labute approximate surface area is 232 Å². The van der Waals surface area contributed by atoms with Gasteiger partial charge in [0.25, 0.3) is 0 Å². The van der Waals surface area contributed by atoms with Crippen molar-refractivity contribution in [2.75, 3.05) is 13.2 Å². The molecule has 0 radical (unpaired) electrons. The van der Waals surface area contributed by atoms with E-state index in [-0.39, 0.29) is 24.7 Å². The molecule has 3 fully saturated rings. The Balaban J connectivity index is 1.05. The quantitative estimate of drug-likeness (QED) is 0.298. The van der Waals surface area contributed by atoms with Gasteiger partial charge in [0.2, 0.25) is 11.6 Å². The van der Waals surface area contributed by atoms with Crippen molar-refractivity contribution in [3.05, 3.63) is 71.8 Å². The lowest BCUT2D eigenvalue weighted by molar-refractivity contribution is -0.0463. The van der Waals surface area contributed by atoms with Gasteiger partial charge in [-0.05, 0) is 118 Å². The molecule has 3 aliphatic rings. The van der Waals surface area contributed by atoms with Gasteiger partial charge in [-0.1, -0.05) is 30.3 Å². The largest absolute Gasteiger partial charge is 0.491 e. The highest BCUT2D eigenvalue weighted by atomic mass is 19.2. The van der Waals surface area contributed by atoms with E-state index in [0.29, 0.717) is 12.0 Å². The second-order valence-electron chi connectivity index (χ2n) is 11.9. The molecule has 2 atom stereocenters. The van der Waals surface area contributed by atoms with Crippen molar-refractivity contribution in [1.82, 2.24) is 0 Å². The van der Waals surface area contributed by atoms with Crippen molar-refractivity contribution in [2.45, 2.75) is 89.8 Å². The van der Waals surface area contributed by atoms with E-state index in [2.05, 4.69) is 24.8 Å². The second kappa shape index (κ2) is 13.3. The van der Waals surface area contributed by atoms with E-state index in [1.807, 2.05) is 12.1 Å². The van der Waals surface area contributed by atoms with E-state index in [1.54, 1.807) is 6.92 Å². The van der Waals surface area contributed by atoms with Crippen molar-refractivity contribution in [1.29, 1.82) is 0 Å². The van der Waals surface area contributed by atoms with Gasteiger partial charge >= 0.3 is 0 Å². The first kappa shape index (κ1) is 28.1. The highest BCUT2D eigenvalue weighted by Gasteiger charge is 2.35. The molecule has 0 amide bonds. The van der Waals surface area contributed by atoms with Crippen LogP contribution >= 0.6 is 0 Å². The number of rotatable bonds is 9. The Kier molecular flexibility index (Phi) is 9.60. The molecule has 2 saturated carbocycles. The summed E-state index contributed by atoms with van der Waals surface area (Å²) in [5, 5.41) is 0. The number of halogens is 2. The van der Waals surface area contributed by atoms with Gasteiger partial charge in [-0.25, -0.2) is 0 Å². The molecule has 0 spiro atoms. The van der Waals surface area contributed by atoms with Gasteiger partial charge in [0.15, 0.2) is 11.5 Å².